The number of aliphatic hydroxyl groups excluding tert-OH is 3. The molecule has 0 amide bonds. The largest absolute Gasteiger partial charge is 1.00 e. The Hall–Kier alpha value is 0.366. The minimum absolute atomic E-state index is 0. The van der Waals surface area contributed by atoms with Crippen LogP contribution in [0.1, 0.15) is 0 Å². The van der Waals surface area contributed by atoms with Gasteiger partial charge in [-0.3, -0.25) is 0 Å². The molecule has 0 fully saturated rings. The smallest absolute Gasteiger partial charge is 0.865 e. The third kappa shape index (κ3) is 2.66. The van der Waals surface area contributed by atoms with E-state index < -0.39 is 36.3 Å². The Kier molecular flexibility index (Phi) is 5.45. The molecular formula is C6H7KO6. The van der Waals surface area contributed by atoms with Crippen LogP contribution in [-0.2, 0) is 9.53 Å². The van der Waals surface area contributed by atoms with Gasteiger partial charge in [0, 0.05) is 5.76 Å². The van der Waals surface area contributed by atoms with Crippen LogP contribution in [0.25, 0.3) is 0 Å². The maximum absolute atomic E-state index is 10.6. The molecule has 68 valence electrons. The predicted molar refractivity (Wildman–Crippen MR) is 32.6 cm³/mol. The summed E-state index contributed by atoms with van der Waals surface area (Å²) in [6.07, 6.45) is -2.88. The van der Waals surface area contributed by atoms with Crippen LogP contribution in [0.3, 0.4) is 0 Å². The molecule has 2 atom stereocenters. The summed E-state index contributed by atoms with van der Waals surface area (Å²) in [6.45, 7) is -0.699. The van der Waals surface area contributed by atoms with Crippen molar-refractivity contribution in [3.8, 4) is 0 Å². The minimum atomic E-state index is -1.46. The molecule has 1 heterocycles. The summed E-state index contributed by atoms with van der Waals surface area (Å²) in [5.41, 5.74) is 0. The fourth-order valence-corrected chi connectivity index (χ4v) is 0.815. The molecule has 0 aromatic carbocycles. The zero-order valence-corrected chi connectivity index (χ0v) is 10.1. The van der Waals surface area contributed by atoms with Crippen LogP contribution in [-0.4, -0.2) is 40.1 Å². The quantitative estimate of drug-likeness (QED) is 0.312. The predicted octanol–water partition coefficient (Wildman–Crippen LogP) is -5.60. The van der Waals surface area contributed by atoms with E-state index in [0.717, 1.165) is 0 Å². The minimum Gasteiger partial charge on any atom is -0.865 e. The fourth-order valence-electron chi connectivity index (χ4n) is 0.815. The van der Waals surface area contributed by atoms with Crippen LogP contribution in [0.2, 0.25) is 0 Å². The Morgan fingerprint density at radius 3 is 2.46 bits per heavy atom. The molecule has 0 saturated heterocycles. The van der Waals surface area contributed by atoms with E-state index >= 15 is 0 Å². The Morgan fingerprint density at radius 2 is 2.15 bits per heavy atom. The zero-order valence-electron chi connectivity index (χ0n) is 6.93. The second kappa shape index (κ2) is 5.30. The molecule has 1 aliphatic rings. The van der Waals surface area contributed by atoms with Crippen molar-refractivity contribution in [3.05, 3.63) is 11.5 Å². The zero-order chi connectivity index (χ0) is 9.30. The summed E-state index contributed by atoms with van der Waals surface area (Å²) in [4.78, 5) is 10.5. The van der Waals surface area contributed by atoms with Gasteiger partial charge in [-0.2, -0.15) is 0 Å². The monoisotopic (exact) mass is 214 g/mol. The van der Waals surface area contributed by atoms with Gasteiger partial charge in [0.05, 0.1) is 6.61 Å². The summed E-state index contributed by atoms with van der Waals surface area (Å²) in [7, 11) is 0. The second-order valence-corrected chi connectivity index (χ2v) is 2.29. The Labute approximate surface area is 116 Å². The van der Waals surface area contributed by atoms with E-state index in [0.29, 0.717) is 0 Å². The van der Waals surface area contributed by atoms with E-state index in [1.807, 2.05) is 0 Å². The molecule has 13 heavy (non-hydrogen) atoms. The van der Waals surface area contributed by atoms with Gasteiger partial charge < -0.3 is 25.2 Å². The molecule has 1 aliphatic heterocycles. The third-order valence-corrected chi connectivity index (χ3v) is 1.46. The summed E-state index contributed by atoms with van der Waals surface area (Å²) in [5, 5.41) is 36.8. The molecule has 7 heteroatoms. The van der Waals surface area contributed by atoms with Crippen molar-refractivity contribution in [1.82, 2.24) is 0 Å². The Morgan fingerprint density at radius 1 is 1.62 bits per heavy atom. The first kappa shape index (κ1) is 13.4. The molecule has 0 aromatic rings. The average Bonchev–Trinajstić information content (AvgIpc) is 2.32. The number of hydrogen-bond donors (Lipinski definition) is 3. The fraction of sp³-hybridized carbons (Fsp3) is 0.500. The van der Waals surface area contributed by atoms with E-state index in [4.69, 9.17) is 15.3 Å². The van der Waals surface area contributed by atoms with Crippen molar-refractivity contribution in [2.45, 2.75) is 12.2 Å². The summed E-state index contributed by atoms with van der Waals surface area (Å²) >= 11 is 0. The van der Waals surface area contributed by atoms with Gasteiger partial charge >= 0.3 is 57.4 Å². The molecule has 6 nitrogen and oxygen atoms in total. The maximum Gasteiger partial charge on any atom is 1.00 e. The number of carbonyl (C=O) groups is 1. The molecule has 0 aromatic heterocycles. The van der Waals surface area contributed by atoms with E-state index in [9.17, 15) is 9.90 Å². The van der Waals surface area contributed by atoms with Gasteiger partial charge in [-0.25, -0.2) is 4.79 Å². The number of carbonyl (C=O) groups excluding carboxylic acids is 1. The first-order chi connectivity index (χ1) is 5.57. The number of hydrogen-bond acceptors (Lipinski definition) is 6. The first-order valence-electron chi connectivity index (χ1n) is 3.18. The van der Waals surface area contributed by atoms with Gasteiger partial charge in [0.15, 0.2) is 6.10 Å². The number of esters is 1. The maximum atomic E-state index is 10.6. The number of rotatable bonds is 2. The SMILES string of the molecule is O=C1OC(C(O)CO)C(O)=C1[O-].[K+]. The Balaban J connectivity index is 0.00000144. The van der Waals surface area contributed by atoms with Gasteiger partial charge in [-0.15, -0.1) is 0 Å². The summed E-state index contributed by atoms with van der Waals surface area (Å²) in [5.74, 6) is -3.25. The average molecular weight is 214 g/mol. The molecule has 1 rings (SSSR count). The van der Waals surface area contributed by atoms with Crippen LogP contribution < -0.4 is 56.5 Å². The van der Waals surface area contributed by atoms with Crippen LogP contribution in [0.5, 0.6) is 0 Å². The van der Waals surface area contributed by atoms with Crippen LogP contribution in [0, 0.1) is 0 Å². The topological polar surface area (TPSA) is 110 Å². The van der Waals surface area contributed by atoms with Crippen LogP contribution in [0.15, 0.2) is 11.5 Å². The van der Waals surface area contributed by atoms with Gasteiger partial charge in [-0.05, 0) is 0 Å². The van der Waals surface area contributed by atoms with Crippen molar-refractivity contribution in [2.75, 3.05) is 6.61 Å². The van der Waals surface area contributed by atoms with Gasteiger partial charge in [0.2, 0.25) is 0 Å². The molecule has 0 saturated carbocycles. The molecule has 0 radical (unpaired) electrons. The van der Waals surface area contributed by atoms with E-state index in [1.54, 1.807) is 0 Å². The van der Waals surface area contributed by atoms with Crippen molar-refractivity contribution in [3.63, 3.8) is 0 Å². The number of aliphatic hydroxyl groups is 3. The first-order valence-corrected chi connectivity index (χ1v) is 3.18. The van der Waals surface area contributed by atoms with E-state index in [-0.39, 0.29) is 51.4 Å². The van der Waals surface area contributed by atoms with Crippen molar-refractivity contribution in [2.24, 2.45) is 0 Å². The number of ether oxygens (including phenoxy) is 1. The number of cyclic esters (lactones) is 1. The molecule has 0 aliphatic carbocycles. The van der Waals surface area contributed by atoms with E-state index in [2.05, 4.69) is 4.74 Å². The molecular weight excluding hydrogens is 207 g/mol. The normalized spacial score (nSPS) is 23.8. The van der Waals surface area contributed by atoms with Gasteiger partial charge in [0.1, 0.15) is 11.9 Å². The molecule has 3 N–H and O–H groups in total. The second-order valence-electron chi connectivity index (χ2n) is 2.29. The molecule has 0 bridgehead atoms. The summed E-state index contributed by atoms with van der Waals surface area (Å²) in [6, 6.07) is 0. The third-order valence-electron chi connectivity index (χ3n) is 1.46. The summed E-state index contributed by atoms with van der Waals surface area (Å²) < 4.78 is 4.25. The van der Waals surface area contributed by atoms with Gasteiger partial charge in [0.25, 0.3) is 0 Å². The van der Waals surface area contributed by atoms with Crippen LogP contribution >= 0.6 is 0 Å². The van der Waals surface area contributed by atoms with E-state index in [1.165, 1.54) is 0 Å². The molecule has 0 spiro atoms. The van der Waals surface area contributed by atoms with Gasteiger partial charge in [-0.1, -0.05) is 0 Å². The van der Waals surface area contributed by atoms with Crippen molar-refractivity contribution < 1.29 is 81.3 Å². The molecule has 2 unspecified atom stereocenters. The Bertz CT molecular complexity index is 237. The standard InChI is InChI=1S/C6H8O6.K/c7-1-2(8)5-3(9)4(10)6(11)12-5;/h2,5,7-10H,1H2;/q;+1/p-1. The van der Waals surface area contributed by atoms with Crippen molar-refractivity contribution in [1.29, 1.82) is 0 Å². The van der Waals surface area contributed by atoms with Crippen LogP contribution in [0.4, 0.5) is 0 Å². The van der Waals surface area contributed by atoms with Crippen molar-refractivity contribution >= 4 is 5.97 Å².